The zero-order valence-corrected chi connectivity index (χ0v) is 12.7. The number of hydrogen-bond acceptors (Lipinski definition) is 2. The molecule has 3 rings (SSSR count). The molecule has 0 fully saturated rings. The first-order chi connectivity index (χ1) is 10.2. The Morgan fingerprint density at radius 1 is 1.05 bits per heavy atom. The fourth-order valence-electron chi connectivity index (χ4n) is 2.63. The molecule has 1 heterocycles. The summed E-state index contributed by atoms with van der Waals surface area (Å²) in [5.41, 5.74) is 5.75. The van der Waals surface area contributed by atoms with Gasteiger partial charge in [0.05, 0.1) is 18.3 Å². The van der Waals surface area contributed by atoms with Crippen LogP contribution in [0.5, 0.6) is 5.75 Å². The summed E-state index contributed by atoms with van der Waals surface area (Å²) in [7, 11) is 1.68. The van der Waals surface area contributed by atoms with E-state index in [2.05, 4.69) is 50.2 Å². The number of aromatic nitrogens is 1. The van der Waals surface area contributed by atoms with Crippen LogP contribution >= 0.6 is 0 Å². The van der Waals surface area contributed by atoms with Crippen LogP contribution in [0.3, 0.4) is 0 Å². The van der Waals surface area contributed by atoms with Gasteiger partial charge in [-0.05, 0) is 43.2 Å². The standard InChI is InChI=1S/C19H19NO/c1-4-14-11-15-8-9-17(21-3)12-18(15)20-19(14)16-7-5-6-13(2)10-16/h5-12H,4H2,1-3H3. The first kappa shape index (κ1) is 13.6. The molecule has 0 spiro atoms. The topological polar surface area (TPSA) is 22.1 Å². The van der Waals surface area contributed by atoms with E-state index in [9.17, 15) is 0 Å². The summed E-state index contributed by atoms with van der Waals surface area (Å²) in [5.74, 6) is 0.842. The van der Waals surface area contributed by atoms with Gasteiger partial charge in [-0.3, -0.25) is 0 Å². The number of aryl methyl sites for hydroxylation is 2. The third kappa shape index (κ3) is 2.62. The van der Waals surface area contributed by atoms with Crippen molar-refractivity contribution in [3.63, 3.8) is 0 Å². The summed E-state index contributed by atoms with van der Waals surface area (Å²) in [6, 6.07) is 16.8. The van der Waals surface area contributed by atoms with Gasteiger partial charge in [0.25, 0.3) is 0 Å². The molecule has 0 saturated heterocycles. The maximum absolute atomic E-state index is 5.30. The number of rotatable bonds is 3. The van der Waals surface area contributed by atoms with Crippen LogP contribution in [0.1, 0.15) is 18.1 Å². The molecule has 0 aliphatic rings. The highest BCUT2D eigenvalue weighted by molar-refractivity contribution is 5.84. The summed E-state index contributed by atoms with van der Waals surface area (Å²) in [4.78, 5) is 4.89. The number of benzene rings is 2. The minimum atomic E-state index is 0.842. The maximum atomic E-state index is 5.30. The van der Waals surface area contributed by atoms with Crippen molar-refractivity contribution in [1.29, 1.82) is 0 Å². The van der Waals surface area contributed by atoms with Crippen LogP contribution in [0.2, 0.25) is 0 Å². The normalized spacial score (nSPS) is 10.8. The van der Waals surface area contributed by atoms with Crippen LogP contribution in [0, 0.1) is 6.92 Å². The van der Waals surface area contributed by atoms with Crippen molar-refractivity contribution < 1.29 is 4.74 Å². The summed E-state index contributed by atoms with van der Waals surface area (Å²) < 4.78 is 5.30. The third-order valence-corrected chi connectivity index (χ3v) is 3.78. The Bertz CT molecular complexity index is 793. The Labute approximate surface area is 125 Å². The van der Waals surface area contributed by atoms with Gasteiger partial charge in [0, 0.05) is 17.0 Å². The number of hydrogen-bond donors (Lipinski definition) is 0. The van der Waals surface area contributed by atoms with Crippen molar-refractivity contribution in [1.82, 2.24) is 4.98 Å². The van der Waals surface area contributed by atoms with E-state index in [0.717, 1.165) is 28.8 Å². The minimum Gasteiger partial charge on any atom is -0.497 e. The largest absolute Gasteiger partial charge is 0.497 e. The molecule has 0 bridgehead atoms. The van der Waals surface area contributed by atoms with Gasteiger partial charge in [0.1, 0.15) is 5.75 Å². The van der Waals surface area contributed by atoms with Crippen LogP contribution in [-0.2, 0) is 6.42 Å². The van der Waals surface area contributed by atoms with Gasteiger partial charge in [-0.15, -0.1) is 0 Å². The van der Waals surface area contributed by atoms with E-state index >= 15 is 0 Å². The molecular weight excluding hydrogens is 258 g/mol. The zero-order valence-electron chi connectivity index (χ0n) is 12.7. The molecular formula is C19H19NO. The highest BCUT2D eigenvalue weighted by Crippen LogP contribution is 2.28. The molecule has 2 heteroatoms. The molecule has 106 valence electrons. The lowest BCUT2D eigenvalue weighted by Crippen LogP contribution is -1.94. The SMILES string of the molecule is CCc1cc2ccc(OC)cc2nc1-c1cccc(C)c1. The van der Waals surface area contributed by atoms with Crippen LogP contribution < -0.4 is 4.74 Å². The van der Waals surface area contributed by atoms with Crippen molar-refractivity contribution in [2.45, 2.75) is 20.3 Å². The quantitative estimate of drug-likeness (QED) is 0.687. The van der Waals surface area contributed by atoms with E-state index in [1.165, 1.54) is 16.7 Å². The second-order valence-electron chi connectivity index (χ2n) is 5.28. The maximum Gasteiger partial charge on any atom is 0.121 e. The fraction of sp³-hybridized carbons (Fsp3) is 0.211. The Hall–Kier alpha value is -2.35. The van der Waals surface area contributed by atoms with Gasteiger partial charge < -0.3 is 4.74 Å². The summed E-state index contributed by atoms with van der Waals surface area (Å²) in [6.45, 7) is 4.28. The summed E-state index contributed by atoms with van der Waals surface area (Å²) in [6.07, 6.45) is 0.970. The van der Waals surface area contributed by atoms with E-state index in [4.69, 9.17) is 9.72 Å². The van der Waals surface area contributed by atoms with Crippen LogP contribution in [-0.4, -0.2) is 12.1 Å². The Balaban J connectivity index is 2.24. The van der Waals surface area contributed by atoms with Gasteiger partial charge in [-0.1, -0.05) is 30.7 Å². The molecule has 0 amide bonds. The van der Waals surface area contributed by atoms with Crippen molar-refractivity contribution in [2.24, 2.45) is 0 Å². The lowest BCUT2D eigenvalue weighted by atomic mass is 10.0. The number of ether oxygens (including phenoxy) is 1. The first-order valence-electron chi connectivity index (χ1n) is 7.26. The lowest BCUT2D eigenvalue weighted by Gasteiger charge is -2.11. The number of methoxy groups -OCH3 is 1. The molecule has 0 atom stereocenters. The highest BCUT2D eigenvalue weighted by atomic mass is 16.5. The lowest BCUT2D eigenvalue weighted by molar-refractivity contribution is 0.415. The molecule has 0 aliphatic heterocycles. The van der Waals surface area contributed by atoms with Gasteiger partial charge in [0.15, 0.2) is 0 Å². The van der Waals surface area contributed by atoms with E-state index in [1.807, 2.05) is 12.1 Å². The van der Waals surface area contributed by atoms with Crippen molar-refractivity contribution in [3.05, 3.63) is 59.7 Å². The van der Waals surface area contributed by atoms with Gasteiger partial charge in [-0.25, -0.2) is 4.98 Å². The average Bonchev–Trinajstić information content (AvgIpc) is 2.53. The fourth-order valence-corrected chi connectivity index (χ4v) is 2.63. The zero-order chi connectivity index (χ0) is 14.8. The first-order valence-corrected chi connectivity index (χ1v) is 7.26. The van der Waals surface area contributed by atoms with Crippen molar-refractivity contribution >= 4 is 10.9 Å². The smallest absolute Gasteiger partial charge is 0.121 e. The molecule has 0 radical (unpaired) electrons. The number of pyridine rings is 1. The second kappa shape index (κ2) is 5.57. The van der Waals surface area contributed by atoms with E-state index in [1.54, 1.807) is 7.11 Å². The van der Waals surface area contributed by atoms with E-state index < -0.39 is 0 Å². The molecule has 2 nitrogen and oxygen atoms in total. The molecule has 3 aromatic rings. The number of nitrogens with zero attached hydrogens (tertiary/aromatic N) is 1. The molecule has 0 aliphatic carbocycles. The van der Waals surface area contributed by atoms with E-state index in [0.29, 0.717) is 0 Å². The monoisotopic (exact) mass is 277 g/mol. The van der Waals surface area contributed by atoms with E-state index in [-0.39, 0.29) is 0 Å². The molecule has 1 aromatic heterocycles. The van der Waals surface area contributed by atoms with Gasteiger partial charge >= 0.3 is 0 Å². The summed E-state index contributed by atoms with van der Waals surface area (Å²) in [5, 5.41) is 1.16. The molecule has 0 unspecified atom stereocenters. The molecule has 0 saturated carbocycles. The van der Waals surface area contributed by atoms with Gasteiger partial charge in [0.2, 0.25) is 0 Å². The molecule has 0 N–H and O–H groups in total. The van der Waals surface area contributed by atoms with Crippen LogP contribution in [0.15, 0.2) is 48.5 Å². The Morgan fingerprint density at radius 3 is 2.62 bits per heavy atom. The minimum absolute atomic E-state index is 0.842. The predicted octanol–water partition coefficient (Wildman–Crippen LogP) is 4.78. The van der Waals surface area contributed by atoms with Crippen LogP contribution in [0.4, 0.5) is 0 Å². The van der Waals surface area contributed by atoms with Crippen molar-refractivity contribution in [2.75, 3.05) is 7.11 Å². The van der Waals surface area contributed by atoms with Crippen molar-refractivity contribution in [3.8, 4) is 17.0 Å². The highest BCUT2D eigenvalue weighted by Gasteiger charge is 2.09. The Morgan fingerprint density at radius 2 is 1.90 bits per heavy atom. The Kier molecular flexibility index (Phi) is 3.61. The third-order valence-electron chi connectivity index (χ3n) is 3.78. The van der Waals surface area contributed by atoms with Crippen LogP contribution in [0.25, 0.3) is 22.2 Å². The summed E-state index contributed by atoms with van der Waals surface area (Å²) >= 11 is 0. The second-order valence-corrected chi connectivity index (χ2v) is 5.28. The van der Waals surface area contributed by atoms with Gasteiger partial charge in [-0.2, -0.15) is 0 Å². The average molecular weight is 277 g/mol. The molecule has 2 aromatic carbocycles. The molecule has 21 heavy (non-hydrogen) atoms. The number of fused-ring (bicyclic) bond motifs is 1. The predicted molar refractivity (Wildman–Crippen MR) is 87.8 cm³/mol.